The normalized spacial score (nSPS) is 13.9. The lowest BCUT2D eigenvalue weighted by Gasteiger charge is -2.31. The molecule has 158 valence electrons. The van der Waals surface area contributed by atoms with Crippen LogP contribution in [0.15, 0.2) is 34.6 Å². The third-order valence-electron chi connectivity index (χ3n) is 4.76. The molecule has 0 amide bonds. The van der Waals surface area contributed by atoms with E-state index in [0.29, 0.717) is 5.76 Å². The van der Waals surface area contributed by atoms with Gasteiger partial charge < -0.3 is 13.6 Å². The van der Waals surface area contributed by atoms with Crippen molar-refractivity contribution < 1.29 is 23.3 Å². The fraction of sp³-hybridized carbons (Fsp3) is 0.650. The summed E-state index contributed by atoms with van der Waals surface area (Å²) in [5, 5.41) is 11.1. The summed E-state index contributed by atoms with van der Waals surface area (Å²) >= 11 is 0. The zero-order valence-corrected chi connectivity index (χ0v) is 18.8. The summed E-state index contributed by atoms with van der Waals surface area (Å²) in [4.78, 5) is 23.4. The van der Waals surface area contributed by atoms with Crippen LogP contribution < -0.4 is 0 Å². The molecule has 1 atom stereocenters. The minimum Gasteiger partial charge on any atom is -0.539 e. The highest BCUT2D eigenvalue weighted by Crippen LogP contribution is 2.28. The molecule has 1 rings (SSSR count). The zero-order chi connectivity index (χ0) is 21.4. The summed E-state index contributed by atoms with van der Waals surface area (Å²) in [7, 11) is -2.12. The Kier molecular flexibility index (Phi) is 8.94. The van der Waals surface area contributed by atoms with Crippen molar-refractivity contribution in [1.29, 1.82) is 0 Å². The topological polar surface area (TPSA) is 91.8 Å². The molecule has 28 heavy (non-hydrogen) atoms. The van der Waals surface area contributed by atoms with E-state index in [1.54, 1.807) is 39.0 Å². The second kappa shape index (κ2) is 10.5. The van der Waals surface area contributed by atoms with Gasteiger partial charge in [0.25, 0.3) is 8.32 Å². The third kappa shape index (κ3) is 7.50. The standard InChI is InChI=1S/C20H33NO6Si/c1-7-28(8-2,9-3)27-18(19(22)26-20(4,5)6)13-12-16(15-21(23)24)17-11-10-14-25-17/h10-11,13-14,16H,7-9,12,15H2,1-6H3/b18-13-. The monoisotopic (exact) mass is 411 g/mol. The Morgan fingerprint density at radius 3 is 2.32 bits per heavy atom. The van der Waals surface area contributed by atoms with Gasteiger partial charge in [0.1, 0.15) is 11.4 Å². The van der Waals surface area contributed by atoms with E-state index < -0.39 is 25.8 Å². The number of ether oxygens (including phenoxy) is 1. The SMILES string of the molecule is CC[Si](CC)(CC)O/C(=C\CC(C[N+](=O)[O-])c1ccco1)C(=O)OC(C)(C)C. The smallest absolute Gasteiger partial charge is 0.372 e. The zero-order valence-electron chi connectivity index (χ0n) is 17.8. The quantitative estimate of drug-likeness (QED) is 0.123. The summed E-state index contributed by atoms with van der Waals surface area (Å²) in [5.74, 6) is -0.334. The van der Waals surface area contributed by atoms with Crippen LogP contribution in [0.25, 0.3) is 0 Å². The van der Waals surface area contributed by atoms with Crippen LogP contribution in [0.4, 0.5) is 0 Å². The molecule has 0 aliphatic rings. The van der Waals surface area contributed by atoms with Gasteiger partial charge in [0.05, 0.1) is 12.2 Å². The van der Waals surface area contributed by atoms with Gasteiger partial charge in [0, 0.05) is 4.92 Å². The number of carbonyl (C=O) groups excluding carboxylic acids is 1. The minimum absolute atomic E-state index is 0.159. The van der Waals surface area contributed by atoms with Gasteiger partial charge in [-0.1, -0.05) is 20.8 Å². The molecule has 0 N–H and O–H groups in total. The first-order chi connectivity index (χ1) is 13.1. The van der Waals surface area contributed by atoms with Crippen molar-refractivity contribution in [3.8, 4) is 0 Å². The molecule has 0 spiro atoms. The van der Waals surface area contributed by atoms with E-state index in [9.17, 15) is 14.9 Å². The van der Waals surface area contributed by atoms with Gasteiger partial charge in [-0.2, -0.15) is 0 Å². The molecule has 0 fully saturated rings. The molecular weight excluding hydrogens is 378 g/mol. The van der Waals surface area contributed by atoms with Crippen LogP contribution in [0.2, 0.25) is 18.1 Å². The van der Waals surface area contributed by atoms with Crippen LogP contribution in [-0.2, 0) is 14.0 Å². The van der Waals surface area contributed by atoms with E-state index in [-0.39, 0.29) is 23.6 Å². The van der Waals surface area contributed by atoms with Crippen molar-refractivity contribution in [2.75, 3.05) is 6.54 Å². The minimum atomic E-state index is -2.12. The Hall–Kier alpha value is -2.09. The number of allylic oxidation sites excluding steroid dienone is 1. The fourth-order valence-electron chi connectivity index (χ4n) is 2.93. The number of esters is 1. The number of furan rings is 1. The molecular formula is C20H33NO6Si. The van der Waals surface area contributed by atoms with Crippen molar-refractivity contribution in [2.45, 2.75) is 77.6 Å². The molecule has 7 nitrogen and oxygen atoms in total. The predicted molar refractivity (Wildman–Crippen MR) is 110 cm³/mol. The van der Waals surface area contributed by atoms with E-state index in [1.807, 2.05) is 0 Å². The van der Waals surface area contributed by atoms with Gasteiger partial charge in [-0.05, 0) is 63.5 Å². The van der Waals surface area contributed by atoms with Crippen LogP contribution in [-0.4, -0.2) is 31.4 Å². The van der Waals surface area contributed by atoms with Gasteiger partial charge in [-0.15, -0.1) is 0 Å². The van der Waals surface area contributed by atoms with E-state index in [2.05, 4.69) is 20.8 Å². The van der Waals surface area contributed by atoms with Crippen molar-refractivity contribution >= 4 is 14.3 Å². The number of rotatable bonds is 11. The van der Waals surface area contributed by atoms with Crippen LogP contribution in [0.1, 0.15) is 59.6 Å². The van der Waals surface area contributed by atoms with Crippen molar-refractivity contribution in [1.82, 2.24) is 0 Å². The first kappa shape index (κ1) is 23.9. The highest BCUT2D eigenvalue weighted by Gasteiger charge is 2.34. The number of nitro groups is 1. The Labute approximate surface area is 168 Å². The molecule has 8 heteroatoms. The van der Waals surface area contributed by atoms with Crippen LogP contribution >= 0.6 is 0 Å². The van der Waals surface area contributed by atoms with Gasteiger partial charge in [-0.3, -0.25) is 10.1 Å². The van der Waals surface area contributed by atoms with Crippen LogP contribution in [0.5, 0.6) is 0 Å². The average Bonchev–Trinajstić information content (AvgIpc) is 3.14. The highest BCUT2D eigenvalue weighted by atomic mass is 28.4. The van der Waals surface area contributed by atoms with Gasteiger partial charge >= 0.3 is 5.97 Å². The van der Waals surface area contributed by atoms with Crippen LogP contribution in [0.3, 0.4) is 0 Å². The average molecular weight is 412 g/mol. The highest BCUT2D eigenvalue weighted by molar-refractivity contribution is 6.74. The summed E-state index contributed by atoms with van der Waals surface area (Å²) in [6.07, 6.45) is 3.37. The number of carbonyl (C=O) groups is 1. The molecule has 0 aromatic carbocycles. The summed E-state index contributed by atoms with van der Waals surface area (Å²) in [6, 6.07) is 6.02. The second-order valence-electron chi connectivity index (χ2n) is 7.88. The van der Waals surface area contributed by atoms with E-state index in [1.165, 1.54) is 6.26 Å². The van der Waals surface area contributed by atoms with E-state index in [0.717, 1.165) is 18.1 Å². The maximum atomic E-state index is 12.8. The number of nitrogens with zero attached hydrogens (tertiary/aromatic N) is 1. The molecule has 0 saturated heterocycles. The molecule has 1 unspecified atom stereocenters. The lowest BCUT2D eigenvalue weighted by atomic mass is 10.0. The lowest BCUT2D eigenvalue weighted by Crippen LogP contribution is -2.38. The van der Waals surface area contributed by atoms with Gasteiger partial charge in [0.15, 0.2) is 5.76 Å². The maximum Gasteiger partial charge on any atom is 0.372 e. The van der Waals surface area contributed by atoms with E-state index in [4.69, 9.17) is 13.6 Å². The lowest BCUT2D eigenvalue weighted by molar-refractivity contribution is -0.483. The van der Waals surface area contributed by atoms with Gasteiger partial charge in [-0.25, -0.2) is 4.79 Å². The first-order valence-electron chi connectivity index (χ1n) is 9.83. The summed E-state index contributed by atoms with van der Waals surface area (Å²) in [5.41, 5.74) is -0.657. The molecule has 0 saturated carbocycles. The Bertz CT molecular complexity index is 650. The van der Waals surface area contributed by atoms with Crippen LogP contribution in [0, 0.1) is 10.1 Å². The Morgan fingerprint density at radius 2 is 1.89 bits per heavy atom. The summed E-state index contributed by atoms with van der Waals surface area (Å²) < 4.78 is 17.2. The third-order valence-corrected chi connectivity index (χ3v) is 9.28. The molecule has 1 heterocycles. The largest absolute Gasteiger partial charge is 0.539 e. The van der Waals surface area contributed by atoms with Crippen molar-refractivity contribution in [3.63, 3.8) is 0 Å². The molecule has 0 aliphatic heterocycles. The number of hydrogen-bond donors (Lipinski definition) is 0. The predicted octanol–water partition coefficient (Wildman–Crippen LogP) is 5.28. The van der Waals surface area contributed by atoms with E-state index >= 15 is 0 Å². The maximum absolute atomic E-state index is 12.8. The first-order valence-corrected chi connectivity index (χ1v) is 12.4. The number of hydrogen-bond acceptors (Lipinski definition) is 6. The molecule has 1 aromatic heterocycles. The van der Waals surface area contributed by atoms with Gasteiger partial charge in [0.2, 0.25) is 6.54 Å². The molecule has 0 bridgehead atoms. The Balaban J connectivity index is 3.16. The van der Waals surface area contributed by atoms with Crippen molar-refractivity contribution in [2.24, 2.45) is 0 Å². The molecule has 1 aromatic rings. The molecule has 0 radical (unpaired) electrons. The summed E-state index contributed by atoms with van der Waals surface area (Å²) in [6.45, 7) is 11.3. The Morgan fingerprint density at radius 1 is 1.29 bits per heavy atom. The van der Waals surface area contributed by atoms with Crippen molar-refractivity contribution in [3.05, 3.63) is 46.1 Å². The second-order valence-corrected chi connectivity index (χ2v) is 12.6. The molecule has 0 aliphatic carbocycles. The fourth-order valence-corrected chi connectivity index (χ4v) is 5.49.